The lowest BCUT2D eigenvalue weighted by molar-refractivity contribution is -0.142. The summed E-state index contributed by atoms with van der Waals surface area (Å²) in [6.07, 6.45) is -2.05. The summed E-state index contributed by atoms with van der Waals surface area (Å²) in [5.41, 5.74) is 3.66. The lowest BCUT2D eigenvalue weighted by atomic mass is 10.1. The third-order valence-corrected chi connectivity index (χ3v) is 11.3. The number of rotatable bonds is 0. The van der Waals surface area contributed by atoms with Gasteiger partial charge in [0.05, 0.1) is 23.0 Å². The highest BCUT2D eigenvalue weighted by Crippen LogP contribution is 2.32. The molecule has 11 nitrogen and oxygen atoms in total. The first kappa shape index (κ1) is 82.1. The third kappa shape index (κ3) is 38.7. The Bertz CT molecular complexity index is 3460. The van der Waals surface area contributed by atoms with Crippen LogP contribution in [0.3, 0.4) is 0 Å². The van der Waals surface area contributed by atoms with Crippen LogP contribution in [0.5, 0.6) is 0 Å². The van der Waals surface area contributed by atoms with Crippen LogP contribution in [0.1, 0.15) is 72.8 Å². The molecule has 7 heterocycles. The van der Waals surface area contributed by atoms with E-state index in [-0.39, 0.29) is 5.56 Å². The van der Waals surface area contributed by atoms with Crippen LogP contribution < -0.4 is 0 Å². The summed E-state index contributed by atoms with van der Waals surface area (Å²) in [7, 11) is 6.74. The second-order valence-corrected chi connectivity index (χ2v) is 19.8. The fourth-order valence-corrected chi connectivity index (χ4v) is 6.25. The SMILES string of the molecule is Cc1cc(C(F)(F)F)nn1C.Cc1ccc(C(F)(F)F)cc1.Cc1cccc(C(F)(F)F)c1.Cc1ccccc1.Cc1ccccc1C(F)(F)F.Cc1ccccn1.Cc1cccnc1.Cc1ccncc1.Cn1ccc(C(F)(F)F)n1.Cn1cccn1.Cn1ccnc1. The minimum atomic E-state index is -4.33. The van der Waals surface area contributed by atoms with Crippen molar-refractivity contribution in [3.8, 4) is 0 Å². The second kappa shape index (κ2) is 41.6. The number of aryl methyl sites for hydroxylation is 12. The van der Waals surface area contributed by atoms with Crippen LogP contribution in [0.15, 0.2) is 232 Å². The number of alkyl halides is 15. The van der Waals surface area contributed by atoms with Gasteiger partial charge in [-0.1, -0.05) is 108 Å². The van der Waals surface area contributed by atoms with E-state index in [1.807, 2.05) is 125 Å². The Kier molecular flexibility index (Phi) is 36.3. The predicted molar refractivity (Wildman–Crippen MR) is 334 cm³/mol. The van der Waals surface area contributed by atoms with E-state index in [9.17, 15) is 65.9 Å². The molecule has 11 aromatic rings. The number of nitrogens with zero attached hydrogens (tertiary/aromatic N) is 11. The van der Waals surface area contributed by atoms with E-state index in [2.05, 4.69) is 54.3 Å². The maximum absolute atomic E-state index is 12.0. The van der Waals surface area contributed by atoms with Gasteiger partial charge in [-0.3, -0.25) is 29.0 Å². The van der Waals surface area contributed by atoms with E-state index >= 15 is 0 Å². The Morgan fingerprint density at radius 2 is 0.894 bits per heavy atom. The van der Waals surface area contributed by atoms with Crippen molar-refractivity contribution in [2.24, 2.45) is 28.2 Å². The van der Waals surface area contributed by atoms with Crippen LogP contribution in [0.2, 0.25) is 0 Å². The first-order valence-corrected chi connectivity index (χ1v) is 27.8. The molecule has 0 radical (unpaired) electrons. The standard InChI is InChI=1S/3C8H7F3.C7H8.C6H7F3N2.3C6H7N.C5H5F3N2.2C4H6N2/c1-6-2-4-7(5-3-6)8(9,10)11;1-6-3-2-4-7(5-6)8(9,10)11;1-6-4-2-3-5-7(6)8(9,10)11;1-7-5-3-2-4-6-7;1-4-3-5(6(7,8)9)10-11(4)2;1-6-2-4-7-5-3-6;1-6-3-2-4-7-5-6;1-6-4-2-3-5-7-6;1-10-3-2-4(9-10)5(6,7)8;1-6-3-2-5-4-6;1-6-4-2-3-5-6/h3*2-5H,1H3;2-6H,1H3;3H,1-2H3;3*2-5H,1H3;2-3H,1H3;2*2-4H,1H3. The molecule has 0 bridgehead atoms. The van der Waals surface area contributed by atoms with E-state index in [0.717, 1.165) is 58.4 Å². The minimum absolute atomic E-state index is 0.264. The molecule has 0 N–H and O–H groups in total. The van der Waals surface area contributed by atoms with Gasteiger partial charge in [-0.15, -0.1) is 0 Å². The normalized spacial score (nSPS) is 10.5. The van der Waals surface area contributed by atoms with Gasteiger partial charge >= 0.3 is 30.9 Å². The van der Waals surface area contributed by atoms with Crippen molar-refractivity contribution in [3.63, 3.8) is 0 Å². The Balaban J connectivity index is 0.000000520. The smallest absolute Gasteiger partial charge is 0.341 e. The van der Waals surface area contributed by atoms with Gasteiger partial charge in [0.1, 0.15) is 0 Å². The summed E-state index contributed by atoms with van der Waals surface area (Å²) in [6, 6.07) is 43.6. The number of hydrogen-bond acceptors (Lipinski definition) is 7. The van der Waals surface area contributed by atoms with Crippen molar-refractivity contribution < 1.29 is 65.9 Å². The molecule has 0 aliphatic heterocycles. The van der Waals surface area contributed by atoms with Crippen molar-refractivity contribution in [1.82, 2.24) is 53.8 Å². The molecule has 0 saturated heterocycles. The van der Waals surface area contributed by atoms with Gasteiger partial charge in [-0.25, -0.2) is 4.98 Å². The van der Waals surface area contributed by atoms with Crippen LogP contribution >= 0.6 is 0 Å². The van der Waals surface area contributed by atoms with Crippen LogP contribution in [0, 0.1) is 55.4 Å². The first-order chi connectivity index (χ1) is 43.8. The highest BCUT2D eigenvalue weighted by Gasteiger charge is 2.35. The van der Waals surface area contributed by atoms with E-state index in [1.54, 1.807) is 81.1 Å². The predicted octanol–water partition coefficient (Wildman–Crippen LogP) is 19.2. The molecule has 7 aromatic heterocycles. The van der Waals surface area contributed by atoms with E-state index in [4.69, 9.17) is 0 Å². The molecule has 0 atom stereocenters. The van der Waals surface area contributed by atoms with Crippen LogP contribution in [0.4, 0.5) is 65.9 Å². The third-order valence-electron chi connectivity index (χ3n) is 11.3. The van der Waals surface area contributed by atoms with Gasteiger partial charge in [0.25, 0.3) is 0 Å². The van der Waals surface area contributed by atoms with Gasteiger partial charge in [-0.05, 0) is 145 Å². The first-order valence-electron chi connectivity index (χ1n) is 27.8. The topological polar surface area (TPSA) is 110 Å². The highest BCUT2D eigenvalue weighted by atomic mass is 19.4. The molecule has 11 rings (SSSR count). The zero-order valence-corrected chi connectivity index (χ0v) is 53.5. The van der Waals surface area contributed by atoms with Crippen molar-refractivity contribution in [2.45, 2.75) is 86.3 Å². The van der Waals surface area contributed by atoms with Gasteiger partial charge in [0, 0.05) is 102 Å². The summed E-state index contributed by atoms with van der Waals surface area (Å²) in [4.78, 5) is 15.5. The Hall–Kier alpha value is -9.88. The number of benzene rings is 4. The van der Waals surface area contributed by atoms with Gasteiger partial charge in [-0.2, -0.15) is 81.2 Å². The van der Waals surface area contributed by atoms with Crippen LogP contribution in [-0.2, 0) is 59.1 Å². The fourth-order valence-electron chi connectivity index (χ4n) is 6.25. The summed E-state index contributed by atoms with van der Waals surface area (Å²) < 4.78 is 185. The number of hydrogen-bond donors (Lipinski definition) is 0. The van der Waals surface area contributed by atoms with E-state index in [0.29, 0.717) is 11.3 Å². The molecular formula is C68H74F15N11. The lowest BCUT2D eigenvalue weighted by Gasteiger charge is -2.08. The zero-order valence-electron chi connectivity index (χ0n) is 53.5. The fraction of sp³-hybridized carbons (Fsp3) is 0.250. The van der Waals surface area contributed by atoms with Gasteiger partial charge in [0.15, 0.2) is 11.4 Å². The average Bonchev–Trinajstić information content (AvgIpc) is 1.46. The molecule has 26 heteroatoms. The molecular weight excluding hydrogens is 1260 g/mol. The highest BCUT2D eigenvalue weighted by molar-refractivity contribution is 5.28. The molecule has 506 valence electrons. The van der Waals surface area contributed by atoms with Crippen molar-refractivity contribution in [3.05, 3.63) is 305 Å². The lowest BCUT2D eigenvalue weighted by Crippen LogP contribution is -2.06. The van der Waals surface area contributed by atoms with Gasteiger partial charge in [0.2, 0.25) is 0 Å². The maximum Gasteiger partial charge on any atom is 0.435 e. The number of halogens is 15. The Morgan fingerprint density at radius 3 is 1.17 bits per heavy atom. The van der Waals surface area contributed by atoms with Crippen molar-refractivity contribution >= 4 is 0 Å². The molecule has 94 heavy (non-hydrogen) atoms. The van der Waals surface area contributed by atoms with E-state index in [1.165, 1.54) is 78.9 Å². The summed E-state index contributed by atoms with van der Waals surface area (Å²) in [6.45, 7) is 14.5. The number of pyridine rings is 3. The summed E-state index contributed by atoms with van der Waals surface area (Å²) in [5, 5.41) is 10.3. The summed E-state index contributed by atoms with van der Waals surface area (Å²) >= 11 is 0. The summed E-state index contributed by atoms with van der Waals surface area (Å²) in [5.74, 6) is 0. The Morgan fingerprint density at radius 1 is 0.340 bits per heavy atom. The molecule has 0 aliphatic rings. The number of imidazole rings is 1. The monoisotopic (exact) mass is 1330 g/mol. The van der Waals surface area contributed by atoms with Crippen molar-refractivity contribution in [2.75, 3.05) is 0 Å². The Labute approximate surface area is 537 Å². The molecule has 0 unspecified atom stereocenters. The molecule has 0 saturated carbocycles. The average molecular weight is 1330 g/mol. The zero-order chi connectivity index (χ0) is 71.1. The quantitative estimate of drug-likeness (QED) is 0.139. The van der Waals surface area contributed by atoms with Gasteiger partial charge < -0.3 is 4.57 Å². The van der Waals surface area contributed by atoms with E-state index < -0.39 is 59.0 Å². The molecule has 0 fully saturated rings. The minimum Gasteiger partial charge on any atom is -0.341 e. The molecule has 4 aromatic carbocycles. The molecule has 0 amide bonds. The van der Waals surface area contributed by atoms with Crippen LogP contribution in [-0.4, -0.2) is 53.8 Å². The molecule has 0 aliphatic carbocycles. The van der Waals surface area contributed by atoms with Crippen LogP contribution in [0.25, 0.3) is 0 Å². The number of aromatic nitrogens is 11. The molecule has 0 spiro atoms. The van der Waals surface area contributed by atoms with Crippen molar-refractivity contribution in [1.29, 1.82) is 0 Å². The second-order valence-electron chi connectivity index (χ2n) is 19.8. The maximum atomic E-state index is 12.0. The largest absolute Gasteiger partial charge is 0.435 e.